The van der Waals surface area contributed by atoms with E-state index >= 15 is 0 Å². The molecule has 0 rings (SSSR count). The van der Waals surface area contributed by atoms with Crippen LogP contribution in [-0.2, 0) is 4.79 Å². The molecule has 0 radical (unpaired) electrons. The largest absolute Gasteiger partial charge is 0.394 e. The van der Waals surface area contributed by atoms with E-state index in [2.05, 4.69) is 116 Å². The van der Waals surface area contributed by atoms with Gasteiger partial charge in [0.2, 0.25) is 5.91 Å². The normalized spacial score (nSPS) is 13.8. The Balaban J connectivity index is 3.68. The van der Waals surface area contributed by atoms with Crippen molar-refractivity contribution in [1.29, 1.82) is 0 Å². The predicted octanol–water partition coefficient (Wildman–Crippen LogP) is 17.5. The second kappa shape index (κ2) is 53.4. The van der Waals surface area contributed by atoms with Gasteiger partial charge in [-0.1, -0.05) is 258 Å². The van der Waals surface area contributed by atoms with E-state index in [1.54, 1.807) is 6.08 Å². The zero-order chi connectivity index (χ0) is 45.6. The number of nitrogens with one attached hydrogen (secondary N) is 1. The van der Waals surface area contributed by atoms with Crippen molar-refractivity contribution in [2.45, 2.75) is 251 Å². The van der Waals surface area contributed by atoms with Crippen molar-refractivity contribution in [1.82, 2.24) is 5.32 Å². The highest BCUT2D eigenvalue weighted by molar-refractivity contribution is 5.76. The molecule has 0 aliphatic rings. The minimum atomic E-state index is -0.895. The topological polar surface area (TPSA) is 69.6 Å². The molecule has 0 aromatic rings. The van der Waals surface area contributed by atoms with E-state index in [1.165, 1.54) is 141 Å². The number of amides is 1. The summed E-state index contributed by atoms with van der Waals surface area (Å²) in [7, 11) is 0. The molecule has 0 aromatic heterocycles. The van der Waals surface area contributed by atoms with Crippen molar-refractivity contribution in [2.75, 3.05) is 6.61 Å². The van der Waals surface area contributed by atoms with E-state index in [-0.39, 0.29) is 12.5 Å². The van der Waals surface area contributed by atoms with E-state index in [0.29, 0.717) is 6.42 Å². The molecular formula is C59H101NO3. The van der Waals surface area contributed by atoms with Crippen LogP contribution in [0.5, 0.6) is 0 Å². The molecule has 0 aliphatic heterocycles. The van der Waals surface area contributed by atoms with E-state index in [1.807, 2.05) is 6.08 Å². The van der Waals surface area contributed by atoms with Crippen molar-refractivity contribution in [2.24, 2.45) is 0 Å². The first-order valence-electron chi connectivity index (χ1n) is 26.6. The maximum absolute atomic E-state index is 12.4. The third-order valence-corrected chi connectivity index (χ3v) is 11.5. The van der Waals surface area contributed by atoms with Gasteiger partial charge in [0, 0.05) is 6.42 Å². The Morgan fingerprint density at radius 3 is 1.11 bits per heavy atom. The van der Waals surface area contributed by atoms with Crippen molar-refractivity contribution < 1.29 is 15.0 Å². The van der Waals surface area contributed by atoms with E-state index in [9.17, 15) is 15.0 Å². The lowest BCUT2D eigenvalue weighted by molar-refractivity contribution is -0.122. The van der Waals surface area contributed by atoms with Gasteiger partial charge in [-0.25, -0.2) is 0 Å². The minimum Gasteiger partial charge on any atom is -0.394 e. The smallest absolute Gasteiger partial charge is 0.220 e. The Morgan fingerprint density at radius 2 is 0.714 bits per heavy atom. The van der Waals surface area contributed by atoms with Gasteiger partial charge in [-0.15, -0.1) is 0 Å². The molecule has 0 saturated heterocycles. The van der Waals surface area contributed by atoms with Gasteiger partial charge >= 0.3 is 0 Å². The molecular weight excluding hydrogens is 771 g/mol. The zero-order valence-corrected chi connectivity index (χ0v) is 41.3. The molecule has 63 heavy (non-hydrogen) atoms. The van der Waals surface area contributed by atoms with E-state index in [4.69, 9.17) is 0 Å². The third-order valence-electron chi connectivity index (χ3n) is 11.5. The summed E-state index contributed by atoms with van der Waals surface area (Å²) >= 11 is 0. The number of hydrogen-bond donors (Lipinski definition) is 3. The van der Waals surface area contributed by atoms with Crippen LogP contribution in [0, 0.1) is 0 Å². The van der Waals surface area contributed by atoms with Crippen molar-refractivity contribution in [3.63, 3.8) is 0 Å². The molecule has 360 valence electrons. The van der Waals surface area contributed by atoms with Gasteiger partial charge < -0.3 is 15.5 Å². The third kappa shape index (κ3) is 49.9. The van der Waals surface area contributed by atoms with Crippen LogP contribution in [-0.4, -0.2) is 34.9 Å². The van der Waals surface area contributed by atoms with Crippen molar-refractivity contribution in [3.05, 3.63) is 109 Å². The summed E-state index contributed by atoms with van der Waals surface area (Å²) in [6.07, 6.45) is 81.0. The molecule has 2 atom stereocenters. The highest BCUT2D eigenvalue weighted by Gasteiger charge is 2.17. The Hall–Kier alpha value is -2.95. The van der Waals surface area contributed by atoms with Crippen molar-refractivity contribution >= 4 is 5.91 Å². The molecule has 0 aliphatic carbocycles. The lowest BCUT2D eigenvalue weighted by Crippen LogP contribution is -2.45. The molecule has 4 nitrogen and oxygen atoms in total. The monoisotopic (exact) mass is 872 g/mol. The number of carbonyl (C=O) groups is 1. The van der Waals surface area contributed by atoms with Gasteiger partial charge in [-0.05, 0) is 83.5 Å². The SMILES string of the molecule is CC/C=C\C/C=C\C/C=C\C/C=C\C/C=C\C/C=C\C/C=C\CCCC(=O)NC(CO)C(O)/C=C/CC/C=C/CCCCCCCCCCCCCCCCCCCCCCCC. The lowest BCUT2D eigenvalue weighted by atomic mass is 10.0. The number of carbonyl (C=O) groups excluding carboxylic acids is 1. The second-order valence-corrected chi connectivity index (χ2v) is 17.6. The fourth-order valence-corrected chi connectivity index (χ4v) is 7.48. The Morgan fingerprint density at radius 1 is 0.397 bits per heavy atom. The summed E-state index contributed by atoms with van der Waals surface area (Å²) in [5.41, 5.74) is 0. The quantitative estimate of drug-likeness (QED) is 0.0421. The highest BCUT2D eigenvalue weighted by Crippen LogP contribution is 2.16. The number of unbranched alkanes of at least 4 members (excludes halogenated alkanes) is 24. The molecule has 0 bridgehead atoms. The zero-order valence-electron chi connectivity index (χ0n) is 41.3. The summed E-state index contributed by atoms with van der Waals surface area (Å²) in [4.78, 5) is 12.4. The first kappa shape index (κ1) is 60.1. The van der Waals surface area contributed by atoms with Crippen LogP contribution in [0.3, 0.4) is 0 Å². The molecule has 3 N–H and O–H groups in total. The predicted molar refractivity (Wildman–Crippen MR) is 280 cm³/mol. The Bertz CT molecular complexity index is 1220. The van der Waals surface area contributed by atoms with Gasteiger partial charge in [0.15, 0.2) is 0 Å². The summed E-state index contributed by atoms with van der Waals surface area (Å²) < 4.78 is 0. The molecule has 0 fully saturated rings. The summed E-state index contributed by atoms with van der Waals surface area (Å²) in [5, 5.41) is 23.1. The minimum absolute atomic E-state index is 0.134. The molecule has 0 aromatic carbocycles. The molecule has 0 saturated carbocycles. The van der Waals surface area contributed by atoms with Crippen molar-refractivity contribution in [3.8, 4) is 0 Å². The Kier molecular flexibility index (Phi) is 50.9. The molecule has 0 spiro atoms. The van der Waals surface area contributed by atoms with E-state index in [0.717, 1.165) is 77.0 Å². The van der Waals surface area contributed by atoms with Crippen LogP contribution in [0.4, 0.5) is 0 Å². The van der Waals surface area contributed by atoms with Crippen LogP contribution >= 0.6 is 0 Å². The van der Waals surface area contributed by atoms with Gasteiger partial charge in [-0.2, -0.15) is 0 Å². The first-order chi connectivity index (χ1) is 31.2. The molecule has 2 unspecified atom stereocenters. The number of aliphatic hydroxyl groups is 2. The highest BCUT2D eigenvalue weighted by atomic mass is 16.3. The number of allylic oxidation sites excluding steroid dienone is 17. The molecule has 4 heteroatoms. The van der Waals surface area contributed by atoms with Gasteiger partial charge in [0.25, 0.3) is 0 Å². The average Bonchev–Trinajstić information content (AvgIpc) is 3.29. The standard InChI is InChI=1S/C59H101NO3/c1-3-5-7-9-11-13-15-17-19-21-23-25-27-28-29-30-31-33-34-36-38-40-42-44-46-48-50-52-54-58(62)57(56-61)60-59(63)55-53-51-49-47-45-43-41-39-37-35-32-26-24-22-20-18-16-14-12-10-8-6-4-2/h6,8,12,14,18,20,24,26,35,37,41,43-44,46-47,49,52,54,57-58,61-62H,3-5,7,9-11,13,15-17,19,21-23,25,27-34,36,38-40,42,45,48,50-51,53,55-56H2,1-2H3,(H,60,63)/b8-6-,14-12-,20-18-,26-24-,37-35-,43-41-,46-44+,49-47-,54-52+. The molecule has 1 amide bonds. The number of hydrogen-bond acceptors (Lipinski definition) is 3. The van der Waals surface area contributed by atoms with Crippen LogP contribution < -0.4 is 5.32 Å². The maximum atomic E-state index is 12.4. The molecule has 0 heterocycles. The van der Waals surface area contributed by atoms with Gasteiger partial charge in [0.1, 0.15) is 0 Å². The Labute approximate surface area is 391 Å². The first-order valence-corrected chi connectivity index (χ1v) is 26.6. The fraction of sp³-hybridized carbons (Fsp3) is 0.678. The fourth-order valence-electron chi connectivity index (χ4n) is 7.48. The average molecular weight is 872 g/mol. The van der Waals surface area contributed by atoms with Crippen LogP contribution in [0.25, 0.3) is 0 Å². The lowest BCUT2D eigenvalue weighted by Gasteiger charge is -2.19. The second-order valence-electron chi connectivity index (χ2n) is 17.6. The van der Waals surface area contributed by atoms with Crippen LogP contribution in [0.15, 0.2) is 109 Å². The maximum Gasteiger partial charge on any atom is 0.220 e. The van der Waals surface area contributed by atoms with E-state index < -0.39 is 12.1 Å². The summed E-state index contributed by atoms with van der Waals surface area (Å²) in [6.45, 7) is 4.16. The summed E-state index contributed by atoms with van der Waals surface area (Å²) in [5.74, 6) is -0.134. The van der Waals surface area contributed by atoms with Crippen LogP contribution in [0.2, 0.25) is 0 Å². The summed E-state index contributed by atoms with van der Waals surface area (Å²) in [6, 6.07) is -0.679. The number of rotatable bonds is 47. The van der Waals surface area contributed by atoms with Gasteiger partial charge in [0.05, 0.1) is 18.8 Å². The van der Waals surface area contributed by atoms with Gasteiger partial charge in [-0.3, -0.25) is 4.79 Å². The number of aliphatic hydroxyl groups excluding tert-OH is 2. The van der Waals surface area contributed by atoms with Crippen LogP contribution in [0.1, 0.15) is 239 Å².